The third kappa shape index (κ3) is 5.12. The van der Waals surface area contributed by atoms with Gasteiger partial charge in [0, 0.05) is 37.5 Å². The van der Waals surface area contributed by atoms with Crippen molar-refractivity contribution in [3.63, 3.8) is 0 Å². The van der Waals surface area contributed by atoms with Crippen LogP contribution in [0, 0.1) is 17.6 Å². The molecule has 6 rings (SSSR count). The minimum absolute atomic E-state index is 0.0345. The number of amides is 2. The van der Waals surface area contributed by atoms with Crippen LogP contribution in [-0.4, -0.2) is 44.3 Å². The first kappa shape index (κ1) is 30.1. The highest BCUT2D eigenvalue weighted by atomic mass is 32.2. The highest BCUT2D eigenvalue weighted by Gasteiger charge is 2.60. The number of rotatable bonds is 7. The molecular formula is C32H31F4N3O4S. The van der Waals surface area contributed by atoms with Crippen LogP contribution in [0.3, 0.4) is 0 Å². The minimum Gasteiger partial charge on any atom is -0.348 e. The molecule has 2 heterocycles. The highest BCUT2D eigenvalue weighted by Crippen LogP contribution is 2.59. The van der Waals surface area contributed by atoms with E-state index in [1.54, 1.807) is 11.0 Å². The number of nitrogens with zero attached hydrogens (tertiary/aromatic N) is 2. The molecule has 1 spiro atoms. The van der Waals surface area contributed by atoms with Crippen LogP contribution in [0.15, 0.2) is 65.6 Å². The summed E-state index contributed by atoms with van der Waals surface area (Å²) in [6.45, 7) is 1.91. The van der Waals surface area contributed by atoms with Crippen LogP contribution in [0.2, 0.25) is 0 Å². The zero-order chi connectivity index (χ0) is 31.4. The summed E-state index contributed by atoms with van der Waals surface area (Å²) >= 11 is 0. The number of nitrogens with one attached hydrogen (secondary N) is 1. The van der Waals surface area contributed by atoms with Gasteiger partial charge in [0.25, 0.3) is 22.4 Å². The van der Waals surface area contributed by atoms with E-state index < -0.39 is 45.4 Å². The number of likely N-dealkylation sites (tertiary alicyclic amines) is 1. The summed E-state index contributed by atoms with van der Waals surface area (Å²) in [5, 5.41) is 2.54. The molecule has 3 aromatic carbocycles. The first-order valence-electron chi connectivity index (χ1n) is 14.5. The Labute approximate surface area is 252 Å². The Morgan fingerprint density at radius 2 is 1.66 bits per heavy atom. The summed E-state index contributed by atoms with van der Waals surface area (Å²) in [4.78, 5) is 27.1. The van der Waals surface area contributed by atoms with Crippen molar-refractivity contribution in [3.05, 3.63) is 94.6 Å². The number of halogens is 4. The number of piperidine rings is 1. The summed E-state index contributed by atoms with van der Waals surface area (Å²) in [7, 11) is -4.29. The summed E-state index contributed by atoms with van der Waals surface area (Å²) in [5.41, 5.74) is -0.603. The van der Waals surface area contributed by atoms with Crippen molar-refractivity contribution in [2.45, 2.75) is 61.9 Å². The van der Waals surface area contributed by atoms with Gasteiger partial charge in [-0.25, -0.2) is 26.0 Å². The maximum Gasteiger partial charge on any atom is 0.264 e. The van der Waals surface area contributed by atoms with E-state index in [4.69, 9.17) is 0 Å². The van der Waals surface area contributed by atoms with E-state index in [-0.39, 0.29) is 45.6 Å². The van der Waals surface area contributed by atoms with Crippen LogP contribution < -0.4 is 9.62 Å². The topological polar surface area (TPSA) is 86.8 Å². The van der Waals surface area contributed by atoms with E-state index in [9.17, 15) is 31.2 Å². The van der Waals surface area contributed by atoms with E-state index in [1.807, 2.05) is 0 Å². The molecule has 3 aromatic rings. The molecule has 2 fully saturated rings. The van der Waals surface area contributed by atoms with E-state index >= 15 is 4.39 Å². The molecule has 44 heavy (non-hydrogen) atoms. The number of hydrogen-bond donors (Lipinski definition) is 1. The van der Waals surface area contributed by atoms with Gasteiger partial charge in [-0.2, -0.15) is 0 Å². The largest absolute Gasteiger partial charge is 0.348 e. The SMILES string of the molecule is CC(=O)N1CCC2(CC1)c1cc(C(=O)NCc3ccccc3C(F)F)c(F)cc1N(S(=O)(=O)c1ccc(F)cc1)C2C1CC1. The Morgan fingerprint density at radius 3 is 2.27 bits per heavy atom. The van der Waals surface area contributed by atoms with Gasteiger partial charge in [-0.15, -0.1) is 0 Å². The number of alkyl halides is 2. The molecule has 1 saturated heterocycles. The number of fused-ring (bicyclic) bond motifs is 2. The quantitative estimate of drug-likeness (QED) is 0.340. The van der Waals surface area contributed by atoms with E-state index in [0.717, 1.165) is 31.0 Å². The number of carbonyl (C=O) groups is 2. The van der Waals surface area contributed by atoms with Crippen molar-refractivity contribution in [2.24, 2.45) is 5.92 Å². The normalized spacial score (nSPS) is 19.4. The standard InChI is InChI=1S/C32H31F4N3O4S/c1-19(40)38-14-12-32(13-15-38)26-16-25(31(41)37-18-21-4-2-3-5-24(21)30(35)36)27(34)17-28(26)39(29(32)20-6-7-20)44(42,43)23-10-8-22(33)9-11-23/h2-5,8-11,16-17,20,29-30H,6-7,12-15,18H2,1H3,(H,37,41). The van der Waals surface area contributed by atoms with Crippen LogP contribution in [0.25, 0.3) is 0 Å². The molecule has 2 amide bonds. The van der Waals surface area contributed by atoms with Crippen LogP contribution in [0.5, 0.6) is 0 Å². The molecule has 1 aliphatic carbocycles. The second-order valence-electron chi connectivity index (χ2n) is 11.7. The zero-order valence-corrected chi connectivity index (χ0v) is 24.7. The third-order valence-electron chi connectivity index (χ3n) is 9.19. The molecule has 3 aliphatic rings. The van der Waals surface area contributed by atoms with Crippen LogP contribution >= 0.6 is 0 Å². The van der Waals surface area contributed by atoms with Gasteiger partial charge in [0.1, 0.15) is 11.6 Å². The van der Waals surface area contributed by atoms with E-state index in [0.29, 0.717) is 31.5 Å². The fraction of sp³-hybridized carbons (Fsp3) is 0.375. The van der Waals surface area contributed by atoms with Crippen molar-refractivity contribution in [3.8, 4) is 0 Å². The monoisotopic (exact) mass is 629 g/mol. The maximum absolute atomic E-state index is 15.8. The molecule has 0 bridgehead atoms. The average molecular weight is 630 g/mol. The second-order valence-corrected chi connectivity index (χ2v) is 13.5. The molecule has 1 unspecified atom stereocenters. The highest BCUT2D eigenvalue weighted by molar-refractivity contribution is 7.92. The van der Waals surface area contributed by atoms with Crippen LogP contribution in [0.1, 0.15) is 66.1 Å². The predicted octanol–water partition coefficient (Wildman–Crippen LogP) is 5.70. The number of carbonyl (C=O) groups excluding carboxylic acids is 2. The lowest BCUT2D eigenvalue weighted by Gasteiger charge is -2.45. The average Bonchev–Trinajstić information content (AvgIpc) is 3.80. The molecule has 7 nitrogen and oxygen atoms in total. The lowest BCUT2D eigenvalue weighted by atomic mass is 9.68. The van der Waals surface area contributed by atoms with Gasteiger partial charge in [-0.1, -0.05) is 24.3 Å². The fourth-order valence-electron chi connectivity index (χ4n) is 6.87. The summed E-state index contributed by atoms with van der Waals surface area (Å²) in [6.07, 6.45) is -0.457. The van der Waals surface area contributed by atoms with Gasteiger partial charge >= 0.3 is 0 Å². The second kappa shape index (κ2) is 11.2. The van der Waals surface area contributed by atoms with E-state index in [2.05, 4.69) is 5.32 Å². The van der Waals surface area contributed by atoms with Gasteiger partial charge < -0.3 is 10.2 Å². The van der Waals surface area contributed by atoms with Crippen LogP contribution in [0.4, 0.5) is 23.2 Å². The fourth-order valence-corrected chi connectivity index (χ4v) is 8.66. The van der Waals surface area contributed by atoms with E-state index in [1.165, 1.54) is 47.6 Å². The van der Waals surface area contributed by atoms with Gasteiger partial charge in [0.05, 0.1) is 22.2 Å². The summed E-state index contributed by atoms with van der Waals surface area (Å²) < 4.78 is 86.2. The number of sulfonamides is 1. The molecule has 1 N–H and O–H groups in total. The first-order valence-corrected chi connectivity index (χ1v) is 15.9. The maximum atomic E-state index is 15.8. The van der Waals surface area contributed by atoms with Gasteiger partial charge in [0.2, 0.25) is 5.91 Å². The molecule has 1 saturated carbocycles. The van der Waals surface area contributed by atoms with Gasteiger partial charge in [-0.3, -0.25) is 13.9 Å². The van der Waals surface area contributed by atoms with Crippen molar-refractivity contribution in [1.82, 2.24) is 10.2 Å². The Balaban J connectivity index is 1.44. The molecular weight excluding hydrogens is 598 g/mol. The van der Waals surface area contributed by atoms with Crippen molar-refractivity contribution < 1.29 is 35.6 Å². The van der Waals surface area contributed by atoms with Gasteiger partial charge in [0.15, 0.2) is 0 Å². The zero-order valence-electron chi connectivity index (χ0n) is 23.9. The number of benzene rings is 3. The Hall–Kier alpha value is -3.93. The molecule has 12 heteroatoms. The third-order valence-corrected chi connectivity index (χ3v) is 11.0. The molecule has 2 aliphatic heterocycles. The Kier molecular flexibility index (Phi) is 7.67. The summed E-state index contributed by atoms with van der Waals surface area (Å²) in [5.74, 6) is -2.53. The first-order chi connectivity index (χ1) is 20.9. The predicted molar refractivity (Wildman–Crippen MR) is 155 cm³/mol. The summed E-state index contributed by atoms with van der Waals surface area (Å²) in [6, 6.07) is 12.0. The lowest BCUT2D eigenvalue weighted by molar-refractivity contribution is -0.130. The minimum atomic E-state index is -4.29. The molecule has 0 aromatic heterocycles. The van der Waals surface area contributed by atoms with Crippen molar-refractivity contribution in [1.29, 1.82) is 0 Å². The van der Waals surface area contributed by atoms with Crippen LogP contribution in [-0.2, 0) is 26.8 Å². The van der Waals surface area contributed by atoms with Crippen molar-refractivity contribution in [2.75, 3.05) is 17.4 Å². The van der Waals surface area contributed by atoms with Crippen molar-refractivity contribution >= 4 is 27.5 Å². The Morgan fingerprint density at radius 1 is 1.00 bits per heavy atom. The smallest absolute Gasteiger partial charge is 0.264 e. The Bertz CT molecular complexity index is 1720. The molecule has 232 valence electrons. The van der Waals surface area contributed by atoms with Gasteiger partial charge in [-0.05, 0) is 79.1 Å². The lowest BCUT2D eigenvalue weighted by Crippen LogP contribution is -2.54. The molecule has 1 atom stereocenters. The number of anilines is 1. The number of hydrogen-bond acceptors (Lipinski definition) is 4. The molecule has 0 radical (unpaired) electrons.